The van der Waals surface area contributed by atoms with Crippen LogP contribution in [0.4, 0.5) is 5.13 Å². The van der Waals surface area contributed by atoms with Crippen molar-refractivity contribution >= 4 is 50.3 Å². The van der Waals surface area contributed by atoms with Crippen LogP contribution in [0.15, 0.2) is 59.8 Å². The van der Waals surface area contributed by atoms with Crippen molar-refractivity contribution in [2.75, 3.05) is 17.7 Å². The predicted octanol–water partition coefficient (Wildman–Crippen LogP) is 2.62. The van der Waals surface area contributed by atoms with Gasteiger partial charge in [-0.3, -0.25) is 9.59 Å². The maximum Gasteiger partial charge on any atom is 0.251 e. The van der Waals surface area contributed by atoms with E-state index in [-0.39, 0.29) is 24.2 Å². The molecule has 2 amide bonds. The van der Waals surface area contributed by atoms with Gasteiger partial charge in [0.25, 0.3) is 5.91 Å². The van der Waals surface area contributed by atoms with E-state index in [1.807, 2.05) is 30.3 Å². The van der Waals surface area contributed by atoms with Crippen LogP contribution in [-0.4, -0.2) is 49.0 Å². The first-order chi connectivity index (χ1) is 15.5. The maximum absolute atomic E-state index is 12.4. The largest absolute Gasteiger partial charge is 0.394 e. The van der Waals surface area contributed by atoms with Crippen molar-refractivity contribution < 1.29 is 14.7 Å². The number of amides is 2. The Hall–Kier alpha value is -3.28. The van der Waals surface area contributed by atoms with Crippen LogP contribution in [0.2, 0.25) is 0 Å². The summed E-state index contributed by atoms with van der Waals surface area (Å²) in [5.74, 6) is -0.0279. The van der Waals surface area contributed by atoms with Gasteiger partial charge in [0.15, 0.2) is 16.1 Å². The number of carbonyl (C=O) groups excluding carboxylic acids is 2. The smallest absolute Gasteiger partial charge is 0.251 e. The molecule has 0 radical (unpaired) electrons. The number of aliphatic hydroxyl groups is 1. The average molecular weight is 469 g/mol. The second-order valence-electron chi connectivity index (χ2n) is 6.80. The summed E-state index contributed by atoms with van der Waals surface area (Å²) < 4.78 is 2.66. The van der Waals surface area contributed by atoms with Gasteiger partial charge in [0.2, 0.25) is 5.91 Å². The number of nitrogens with zero attached hydrogens (tertiary/aromatic N) is 4. The Bertz CT molecular complexity index is 1210. The zero-order chi connectivity index (χ0) is 22.5. The summed E-state index contributed by atoms with van der Waals surface area (Å²) in [7, 11) is 1.72. The van der Waals surface area contributed by atoms with Gasteiger partial charge in [-0.2, -0.15) is 0 Å². The molecule has 0 aliphatic heterocycles. The van der Waals surface area contributed by atoms with E-state index in [2.05, 4.69) is 25.8 Å². The Labute approximate surface area is 191 Å². The first-order valence-corrected chi connectivity index (χ1v) is 11.5. The van der Waals surface area contributed by atoms with Gasteiger partial charge in [-0.1, -0.05) is 53.4 Å². The lowest BCUT2D eigenvalue weighted by molar-refractivity contribution is -0.113. The average Bonchev–Trinajstić information content (AvgIpc) is 3.39. The van der Waals surface area contributed by atoms with Crippen LogP contribution in [0.3, 0.4) is 0 Å². The number of thioether (sulfide) groups is 1. The summed E-state index contributed by atoms with van der Waals surface area (Å²) in [6, 6.07) is 15.7. The number of hydrogen-bond acceptors (Lipinski definition) is 8. The number of aromatic nitrogens is 4. The van der Waals surface area contributed by atoms with Crippen molar-refractivity contribution in [3.8, 4) is 0 Å². The molecular weight excluding hydrogens is 448 g/mol. The Morgan fingerprint density at radius 1 is 1.12 bits per heavy atom. The van der Waals surface area contributed by atoms with Crippen LogP contribution in [0, 0.1) is 0 Å². The van der Waals surface area contributed by atoms with Crippen molar-refractivity contribution in [1.29, 1.82) is 0 Å². The molecular formula is C21H20N6O3S2. The first kappa shape index (κ1) is 21.9. The van der Waals surface area contributed by atoms with Crippen molar-refractivity contribution in [3.63, 3.8) is 0 Å². The minimum absolute atomic E-state index is 0.113. The lowest BCUT2D eigenvalue weighted by atomic mass is 10.2. The van der Waals surface area contributed by atoms with Gasteiger partial charge in [-0.15, -0.1) is 10.2 Å². The van der Waals surface area contributed by atoms with Crippen LogP contribution in [0.25, 0.3) is 10.2 Å². The standard InChI is InChI=1S/C21H20N6O3S2/c1-27-18(15(11-28)22-19(30)13-7-3-2-4-8-13)25-26-21(27)31-12-17(29)24-20-23-14-9-5-6-10-16(14)32-20/h2-10,15,28H,11-12H2,1H3,(H,22,30)(H,23,24,29). The van der Waals surface area contributed by atoms with E-state index in [0.717, 1.165) is 10.2 Å². The molecule has 3 N–H and O–H groups in total. The van der Waals surface area contributed by atoms with Crippen molar-refractivity contribution in [2.24, 2.45) is 7.05 Å². The first-order valence-electron chi connectivity index (χ1n) is 9.69. The van der Waals surface area contributed by atoms with Gasteiger partial charge in [-0.25, -0.2) is 4.98 Å². The van der Waals surface area contributed by atoms with Gasteiger partial charge in [0.05, 0.1) is 22.6 Å². The molecule has 0 saturated heterocycles. The molecule has 2 aromatic carbocycles. The minimum Gasteiger partial charge on any atom is -0.394 e. The fraction of sp³-hybridized carbons (Fsp3) is 0.190. The van der Waals surface area contributed by atoms with E-state index in [1.165, 1.54) is 23.1 Å². The quantitative estimate of drug-likeness (QED) is 0.340. The van der Waals surface area contributed by atoms with E-state index in [4.69, 9.17) is 0 Å². The number of benzene rings is 2. The molecule has 9 nitrogen and oxygen atoms in total. The molecule has 1 atom stereocenters. The Morgan fingerprint density at radius 3 is 2.62 bits per heavy atom. The summed E-state index contributed by atoms with van der Waals surface area (Å²) in [5.41, 5.74) is 1.32. The number of rotatable bonds is 8. The predicted molar refractivity (Wildman–Crippen MR) is 124 cm³/mol. The van der Waals surface area contributed by atoms with Gasteiger partial charge in [0, 0.05) is 12.6 Å². The molecule has 32 heavy (non-hydrogen) atoms. The molecule has 4 aromatic rings. The van der Waals surface area contributed by atoms with E-state index in [9.17, 15) is 14.7 Å². The molecule has 11 heteroatoms. The monoisotopic (exact) mass is 468 g/mol. The molecule has 0 aliphatic rings. The van der Waals surface area contributed by atoms with Crippen molar-refractivity contribution in [1.82, 2.24) is 25.1 Å². The van der Waals surface area contributed by atoms with E-state index < -0.39 is 6.04 Å². The molecule has 4 rings (SSSR count). The third kappa shape index (κ3) is 4.96. The molecule has 0 saturated carbocycles. The maximum atomic E-state index is 12.4. The number of thiazole rings is 1. The van der Waals surface area contributed by atoms with Gasteiger partial charge in [0.1, 0.15) is 6.04 Å². The summed E-state index contributed by atoms with van der Waals surface area (Å²) in [6.45, 7) is -0.340. The lowest BCUT2D eigenvalue weighted by Gasteiger charge is -2.15. The second-order valence-corrected chi connectivity index (χ2v) is 8.77. The lowest BCUT2D eigenvalue weighted by Crippen LogP contribution is -2.32. The molecule has 2 aromatic heterocycles. The van der Waals surface area contributed by atoms with E-state index in [1.54, 1.807) is 35.9 Å². The Balaban J connectivity index is 1.37. The third-order valence-electron chi connectivity index (χ3n) is 4.58. The highest BCUT2D eigenvalue weighted by molar-refractivity contribution is 7.99. The topological polar surface area (TPSA) is 122 Å². The summed E-state index contributed by atoms with van der Waals surface area (Å²) in [6.07, 6.45) is 0. The zero-order valence-corrected chi connectivity index (χ0v) is 18.7. The number of fused-ring (bicyclic) bond motifs is 1. The summed E-state index contributed by atoms with van der Waals surface area (Å²) >= 11 is 2.62. The van der Waals surface area contributed by atoms with Crippen molar-refractivity contribution in [3.05, 3.63) is 66.0 Å². The molecule has 0 spiro atoms. The second kappa shape index (κ2) is 9.90. The number of hydrogen-bond donors (Lipinski definition) is 3. The number of carbonyl (C=O) groups is 2. The molecule has 2 heterocycles. The molecule has 0 fully saturated rings. The summed E-state index contributed by atoms with van der Waals surface area (Å²) in [4.78, 5) is 29.2. The van der Waals surface area contributed by atoms with Crippen LogP contribution in [0.5, 0.6) is 0 Å². The highest BCUT2D eigenvalue weighted by atomic mass is 32.2. The SMILES string of the molecule is Cn1c(SCC(=O)Nc2nc3ccccc3s2)nnc1C(CO)NC(=O)c1ccccc1. The number of nitrogens with one attached hydrogen (secondary N) is 2. The van der Waals surface area contributed by atoms with Gasteiger partial charge >= 0.3 is 0 Å². The molecule has 0 aliphatic carbocycles. The highest BCUT2D eigenvalue weighted by Gasteiger charge is 2.22. The molecule has 1 unspecified atom stereocenters. The summed E-state index contributed by atoms with van der Waals surface area (Å²) in [5, 5.41) is 24.6. The Kier molecular flexibility index (Phi) is 6.78. The van der Waals surface area contributed by atoms with E-state index >= 15 is 0 Å². The van der Waals surface area contributed by atoms with Crippen LogP contribution >= 0.6 is 23.1 Å². The molecule has 164 valence electrons. The van der Waals surface area contributed by atoms with Crippen LogP contribution in [-0.2, 0) is 11.8 Å². The number of para-hydroxylation sites is 1. The third-order valence-corrected chi connectivity index (χ3v) is 6.55. The minimum atomic E-state index is -0.730. The highest BCUT2D eigenvalue weighted by Crippen LogP contribution is 2.26. The fourth-order valence-corrected chi connectivity index (χ4v) is 4.59. The Morgan fingerprint density at radius 2 is 1.88 bits per heavy atom. The van der Waals surface area contributed by atoms with Crippen LogP contribution in [0.1, 0.15) is 22.2 Å². The van der Waals surface area contributed by atoms with E-state index in [0.29, 0.717) is 21.7 Å². The number of aliphatic hydroxyl groups excluding tert-OH is 1. The molecule has 0 bridgehead atoms. The van der Waals surface area contributed by atoms with Gasteiger partial charge < -0.3 is 20.3 Å². The van der Waals surface area contributed by atoms with Crippen molar-refractivity contribution in [2.45, 2.75) is 11.2 Å². The fourth-order valence-electron chi connectivity index (χ4n) is 2.99. The zero-order valence-electron chi connectivity index (χ0n) is 17.1. The van der Waals surface area contributed by atoms with Crippen LogP contribution < -0.4 is 10.6 Å². The normalized spacial score (nSPS) is 11.9. The van der Waals surface area contributed by atoms with Gasteiger partial charge in [-0.05, 0) is 24.3 Å². The number of anilines is 1.